The number of rotatable bonds is 7. The Hall–Kier alpha value is -3.30. The smallest absolute Gasteiger partial charge is 0.374 e. The first-order valence-corrected chi connectivity index (χ1v) is 10.8. The molecule has 0 fully saturated rings. The van der Waals surface area contributed by atoms with E-state index >= 15 is 0 Å². The summed E-state index contributed by atoms with van der Waals surface area (Å²) in [4.78, 5) is 16.6. The van der Waals surface area contributed by atoms with E-state index in [2.05, 4.69) is 4.98 Å². The van der Waals surface area contributed by atoms with Crippen molar-refractivity contribution < 1.29 is 34.0 Å². The molecule has 0 saturated heterocycles. The SMILES string of the molecule is CCOC(=O)C1=CC(=CCn2ccnc2)c2c(OC)c3c(c(CO)c2O1)OC(C(C)(C)O)C3. The summed E-state index contributed by atoms with van der Waals surface area (Å²) in [5.74, 6) is 0.566. The standard InChI is InChI=1S/C24H28N2O7/c1-5-31-23(28)17-10-14(6-8-26-9-7-25-13-26)19-21(30-4)15-11-18(24(2,3)29)33-20(15)16(12-27)22(19)32-17/h6-7,9-10,13,18,27,29H,5,8,11-12H2,1-4H3. The van der Waals surface area contributed by atoms with E-state index in [0.717, 1.165) is 5.56 Å². The summed E-state index contributed by atoms with van der Waals surface area (Å²) in [6.45, 7) is 5.34. The number of fused-ring (bicyclic) bond motifs is 2. The summed E-state index contributed by atoms with van der Waals surface area (Å²) >= 11 is 0. The number of methoxy groups -OCH3 is 1. The zero-order valence-electron chi connectivity index (χ0n) is 19.1. The first-order chi connectivity index (χ1) is 15.8. The van der Waals surface area contributed by atoms with Crippen LogP contribution in [-0.4, -0.2) is 51.2 Å². The van der Waals surface area contributed by atoms with Crippen LogP contribution in [0.3, 0.4) is 0 Å². The number of aliphatic hydroxyl groups excluding tert-OH is 1. The molecule has 0 bridgehead atoms. The summed E-state index contributed by atoms with van der Waals surface area (Å²) in [6.07, 6.45) is 8.58. The molecule has 176 valence electrons. The van der Waals surface area contributed by atoms with Crippen molar-refractivity contribution in [1.29, 1.82) is 0 Å². The highest BCUT2D eigenvalue weighted by atomic mass is 16.6. The Labute approximate surface area is 191 Å². The topological polar surface area (TPSA) is 112 Å². The fourth-order valence-corrected chi connectivity index (χ4v) is 4.04. The van der Waals surface area contributed by atoms with Gasteiger partial charge in [-0.05, 0) is 32.4 Å². The second-order valence-corrected chi connectivity index (χ2v) is 8.40. The van der Waals surface area contributed by atoms with Crippen LogP contribution >= 0.6 is 0 Å². The predicted molar refractivity (Wildman–Crippen MR) is 119 cm³/mol. The molecule has 9 nitrogen and oxygen atoms in total. The number of hydrogen-bond donors (Lipinski definition) is 2. The van der Waals surface area contributed by atoms with E-state index in [9.17, 15) is 15.0 Å². The second kappa shape index (κ2) is 8.92. The molecule has 1 unspecified atom stereocenters. The molecule has 2 aliphatic heterocycles. The van der Waals surface area contributed by atoms with Crippen LogP contribution in [0.25, 0.3) is 5.57 Å². The first kappa shape index (κ1) is 22.9. The van der Waals surface area contributed by atoms with Crippen LogP contribution in [0.1, 0.15) is 37.5 Å². The van der Waals surface area contributed by atoms with E-state index in [0.29, 0.717) is 41.2 Å². The van der Waals surface area contributed by atoms with Gasteiger partial charge in [0, 0.05) is 30.9 Å². The Morgan fingerprint density at radius 1 is 1.39 bits per heavy atom. The number of aromatic nitrogens is 2. The molecule has 3 heterocycles. The van der Waals surface area contributed by atoms with Gasteiger partial charge in [0.15, 0.2) is 0 Å². The van der Waals surface area contributed by atoms with E-state index in [-0.39, 0.29) is 18.1 Å². The zero-order chi connectivity index (χ0) is 23.8. The van der Waals surface area contributed by atoms with Crippen molar-refractivity contribution in [2.45, 2.75) is 52.0 Å². The maximum Gasteiger partial charge on any atom is 0.374 e. The molecule has 1 aromatic heterocycles. The molecule has 1 aromatic carbocycles. The summed E-state index contributed by atoms with van der Waals surface area (Å²) in [5, 5.41) is 20.8. The van der Waals surface area contributed by atoms with Gasteiger partial charge in [-0.25, -0.2) is 9.78 Å². The molecule has 2 aromatic rings. The number of hydrogen-bond acceptors (Lipinski definition) is 8. The monoisotopic (exact) mass is 456 g/mol. The van der Waals surface area contributed by atoms with Crippen LogP contribution in [0.2, 0.25) is 0 Å². The van der Waals surface area contributed by atoms with Crippen molar-refractivity contribution in [3.8, 4) is 17.2 Å². The molecule has 2 N–H and O–H groups in total. The van der Waals surface area contributed by atoms with Crippen molar-refractivity contribution in [2.75, 3.05) is 13.7 Å². The van der Waals surface area contributed by atoms with Gasteiger partial charge in [-0.3, -0.25) is 0 Å². The maximum atomic E-state index is 12.5. The second-order valence-electron chi connectivity index (χ2n) is 8.40. The van der Waals surface area contributed by atoms with Crippen LogP contribution in [0.5, 0.6) is 17.2 Å². The van der Waals surface area contributed by atoms with Gasteiger partial charge in [-0.2, -0.15) is 0 Å². The molecule has 1 atom stereocenters. The highest BCUT2D eigenvalue weighted by Crippen LogP contribution is 2.53. The van der Waals surface area contributed by atoms with Crippen LogP contribution in [0, 0.1) is 0 Å². The van der Waals surface area contributed by atoms with Crippen molar-refractivity contribution in [2.24, 2.45) is 0 Å². The normalized spacial score (nSPS) is 18.2. The van der Waals surface area contributed by atoms with Crippen molar-refractivity contribution in [1.82, 2.24) is 9.55 Å². The Morgan fingerprint density at radius 3 is 2.79 bits per heavy atom. The van der Waals surface area contributed by atoms with Gasteiger partial charge in [0.05, 0.1) is 43.4 Å². The molecule has 0 amide bonds. The number of allylic oxidation sites excluding steroid dienone is 3. The van der Waals surface area contributed by atoms with Gasteiger partial charge < -0.3 is 33.7 Å². The van der Waals surface area contributed by atoms with Crippen LogP contribution in [-0.2, 0) is 29.1 Å². The Kier molecular flexibility index (Phi) is 6.18. The lowest BCUT2D eigenvalue weighted by Crippen LogP contribution is -2.39. The van der Waals surface area contributed by atoms with E-state index in [4.69, 9.17) is 18.9 Å². The van der Waals surface area contributed by atoms with E-state index in [1.54, 1.807) is 46.5 Å². The third kappa shape index (κ3) is 4.21. The van der Waals surface area contributed by atoms with Gasteiger partial charge >= 0.3 is 5.97 Å². The van der Waals surface area contributed by atoms with E-state index in [1.165, 1.54) is 0 Å². The number of carbonyl (C=O) groups is 1. The molecular formula is C24H28N2O7. The van der Waals surface area contributed by atoms with Gasteiger partial charge in [0.1, 0.15) is 23.4 Å². The minimum atomic E-state index is -1.12. The predicted octanol–water partition coefficient (Wildman–Crippen LogP) is 2.38. The van der Waals surface area contributed by atoms with E-state index in [1.807, 2.05) is 16.8 Å². The van der Waals surface area contributed by atoms with Gasteiger partial charge in [0.25, 0.3) is 0 Å². The highest BCUT2D eigenvalue weighted by molar-refractivity contribution is 5.96. The lowest BCUT2D eigenvalue weighted by molar-refractivity contribution is -0.141. The molecule has 0 aliphatic carbocycles. The van der Waals surface area contributed by atoms with Crippen molar-refractivity contribution >= 4 is 11.5 Å². The number of nitrogens with zero attached hydrogens (tertiary/aromatic N) is 2. The molecule has 9 heteroatoms. The fraction of sp³-hybridized carbons (Fsp3) is 0.417. The first-order valence-electron chi connectivity index (χ1n) is 10.8. The Morgan fingerprint density at radius 2 is 2.18 bits per heavy atom. The molecule has 0 saturated carbocycles. The minimum absolute atomic E-state index is 0.00466. The van der Waals surface area contributed by atoms with Crippen LogP contribution in [0.4, 0.5) is 0 Å². The molecule has 33 heavy (non-hydrogen) atoms. The Bertz CT molecular complexity index is 1110. The minimum Gasteiger partial charge on any atom is -0.496 e. The van der Waals surface area contributed by atoms with Crippen LogP contribution < -0.4 is 14.2 Å². The molecule has 2 aliphatic rings. The average molecular weight is 456 g/mol. The molecular weight excluding hydrogens is 428 g/mol. The Balaban J connectivity index is 1.90. The lowest BCUT2D eigenvalue weighted by atomic mass is 9.90. The molecule has 4 rings (SSSR count). The maximum absolute atomic E-state index is 12.5. The average Bonchev–Trinajstić information content (AvgIpc) is 3.45. The lowest BCUT2D eigenvalue weighted by Gasteiger charge is -2.26. The quantitative estimate of drug-likeness (QED) is 0.611. The zero-order valence-corrected chi connectivity index (χ0v) is 19.1. The third-order valence-corrected chi connectivity index (χ3v) is 5.70. The van der Waals surface area contributed by atoms with Crippen molar-refractivity contribution in [3.63, 3.8) is 0 Å². The third-order valence-electron chi connectivity index (χ3n) is 5.70. The van der Waals surface area contributed by atoms with Gasteiger partial charge in [-0.15, -0.1) is 0 Å². The number of imidazole rings is 1. The van der Waals surface area contributed by atoms with Crippen LogP contribution in [0.15, 0.2) is 36.6 Å². The molecule has 0 spiro atoms. The number of benzene rings is 1. The van der Waals surface area contributed by atoms with Gasteiger partial charge in [0.2, 0.25) is 5.76 Å². The number of aliphatic hydroxyl groups is 2. The fourth-order valence-electron chi connectivity index (χ4n) is 4.04. The van der Waals surface area contributed by atoms with Crippen molar-refractivity contribution in [3.05, 3.63) is 53.3 Å². The number of ether oxygens (including phenoxy) is 4. The highest BCUT2D eigenvalue weighted by Gasteiger charge is 2.42. The molecule has 0 radical (unpaired) electrons. The largest absolute Gasteiger partial charge is 0.496 e. The summed E-state index contributed by atoms with van der Waals surface area (Å²) in [5.41, 5.74) is 1.28. The summed E-state index contributed by atoms with van der Waals surface area (Å²) in [7, 11) is 1.55. The summed E-state index contributed by atoms with van der Waals surface area (Å²) in [6, 6.07) is 0. The van der Waals surface area contributed by atoms with Gasteiger partial charge in [-0.1, -0.05) is 6.08 Å². The van der Waals surface area contributed by atoms with E-state index < -0.39 is 24.3 Å². The number of carbonyl (C=O) groups excluding carboxylic acids is 1. The summed E-state index contributed by atoms with van der Waals surface area (Å²) < 4.78 is 24.9. The number of esters is 1.